The number of aromatic hydroxyl groups is 1. The molecule has 0 fully saturated rings. The summed E-state index contributed by atoms with van der Waals surface area (Å²) < 4.78 is 12.9. The van der Waals surface area contributed by atoms with Gasteiger partial charge in [-0.2, -0.15) is 0 Å². The Kier molecular flexibility index (Phi) is 4.35. The molecule has 0 aromatic heterocycles. The minimum atomic E-state index is -0.580. The van der Waals surface area contributed by atoms with Crippen LogP contribution in [-0.2, 0) is 6.54 Å². The molecule has 78 valence electrons. The highest BCUT2D eigenvalue weighted by molar-refractivity contribution is 5.33. The fraction of sp³-hybridized carbons (Fsp3) is 0.400. The van der Waals surface area contributed by atoms with Crippen LogP contribution in [0.1, 0.15) is 12.0 Å². The number of phenolic OH excluding ortho intramolecular Hbond substituents is 1. The third-order valence-corrected chi connectivity index (χ3v) is 1.94. The largest absolute Gasteiger partial charge is 0.505 e. The Bertz CT molecular complexity index is 291. The molecule has 0 saturated heterocycles. The summed E-state index contributed by atoms with van der Waals surface area (Å²) in [5.74, 6) is -0.851. The van der Waals surface area contributed by atoms with Gasteiger partial charge < -0.3 is 16.2 Å². The third-order valence-electron chi connectivity index (χ3n) is 1.94. The summed E-state index contributed by atoms with van der Waals surface area (Å²) in [6.45, 7) is 1.86. The van der Waals surface area contributed by atoms with E-state index in [2.05, 4.69) is 5.32 Å². The quantitative estimate of drug-likeness (QED) is 0.618. The molecular weight excluding hydrogens is 183 g/mol. The lowest BCUT2D eigenvalue weighted by Gasteiger charge is -2.06. The van der Waals surface area contributed by atoms with Crippen molar-refractivity contribution >= 4 is 0 Å². The Morgan fingerprint density at radius 2 is 2.21 bits per heavy atom. The lowest BCUT2D eigenvalue weighted by molar-refractivity contribution is 0.423. The van der Waals surface area contributed by atoms with Crippen molar-refractivity contribution in [2.24, 2.45) is 5.73 Å². The van der Waals surface area contributed by atoms with Crippen LogP contribution in [0.15, 0.2) is 18.2 Å². The maximum atomic E-state index is 12.9. The normalized spacial score (nSPS) is 10.4. The second-order valence-corrected chi connectivity index (χ2v) is 3.07. The Hall–Kier alpha value is -1.13. The number of benzene rings is 1. The Labute approximate surface area is 82.7 Å². The van der Waals surface area contributed by atoms with Crippen molar-refractivity contribution < 1.29 is 9.50 Å². The van der Waals surface area contributed by atoms with E-state index in [9.17, 15) is 9.50 Å². The molecule has 0 atom stereocenters. The number of rotatable bonds is 5. The number of hydrogen-bond donors (Lipinski definition) is 3. The molecule has 4 N–H and O–H groups in total. The molecule has 1 aromatic carbocycles. The first-order valence-electron chi connectivity index (χ1n) is 4.63. The van der Waals surface area contributed by atoms with E-state index in [1.54, 1.807) is 12.1 Å². The highest BCUT2D eigenvalue weighted by atomic mass is 19.1. The molecule has 0 bridgehead atoms. The van der Waals surface area contributed by atoms with Gasteiger partial charge in [0.25, 0.3) is 0 Å². The van der Waals surface area contributed by atoms with Crippen LogP contribution in [0.25, 0.3) is 0 Å². The van der Waals surface area contributed by atoms with Gasteiger partial charge in [0, 0.05) is 12.1 Å². The molecule has 4 heteroatoms. The first-order valence-corrected chi connectivity index (χ1v) is 4.63. The topological polar surface area (TPSA) is 58.3 Å². The molecule has 0 aliphatic carbocycles. The van der Waals surface area contributed by atoms with E-state index in [-0.39, 0.29) is 5.75 Å². The molecule has 0 aliphatic rings. The summed E-state index contributed by atoms with van der Waals surface area (Å²) in [5.41, 5.74) is 5.88. The lowest BCUT2D eigenvalue weighted by atomic mass is 10.2. The molecule has 3 nitrogen and oxygen atoms in total. The molecule has 0 amide bonds. The van der Waals surface area contributed by atoms with Gasteiger partial charge in [0.2, 0.25) is 0 Å². The third kappa shape index (κ3) is 2.97. The molecular formula is C10H15FN2O. The smallest absolute Gasteiger partial charge is 0.165 e. The van der Waals surface area contributed by atoms with E-state index in [1.807, 2.05) is 0 Å². The Morgan fingerprint density at radius 1 is 1.43 bits per heavy atom. The van der Waals surface area contributed by atoms with Gasteiger partial charge in [-0.3, -0.25) is 0 Å². The van der Waals surface area contributed by atoms with Crippen molar-refractivity contribution in [2.75, 3.05) is 13.1 Å². The first-order chi connectivity index (χ1) is 6.75. The van der Waals surface area contributed by atoms with E-state index in [1.165, 1.54) is 6.07 Å². The maximum Gasteiger partial charge on any atom is 0.165 e. The zero-order valence-electron chi connectivity index (χ0n) is 7.96. The average molecular weight is 198 g/mol. The Balaban J connectivity index is 2.46. The molecule has 0 unspecified atom stereocenters. The van der Waals surface area contributed by atoms with Gasteiger partial charge in [-0.15, -0.1) is 0 Å². The van der Waals surface area contributed by atoms with Crippen molar-refractivity contribution in [3.63, 3.8) is 0 Å². The van der Waals surface area contributed by atoms with Crippen LogP contribution >= 0.6 is 0 Å². The molecule has 0 saturated carbocycles. The van der Waals surface area contributed by atoms with Crippen LogP contribution < -0.4 is 11.1 Å². The SMILES string of the molecule is NCCCNCc1cccc(F)c1O. The summed E-state index contributed by atoms with van der Waals surface area (Å²) in [7, 11) is 0. The van der Waals surface area contributed by atoms with Crippen LogP contribution in [0.5, 0.6) is 5.75 Å². The van der Waals surface area contributed by atoms with Crippen LogP contribution in [0, 0.1) is 5.82 Å². The number of nitrogens with two attached hydrogens (primary N) is 1. The molecule has 0 radical (unpaired) electrons. The molecule has 0 aliphatic heterocycles. The summed E-state index contributed by atoms with van der Waals surface area (Å²) in [4.78, 5) is 0. The summed E-state index contributed by atoms with van der Waals surface area (Å²) in [6.07, 6.45) is 0.871. The molecule has 1 aromatic rings. The zero-order valence-corrected chi connectivity index (χ0v) is 7.96. The van der Waals surface area contributed by atoms with Gasteiger partial charge in [-0.1, -0.05) is 12.1 Å². The van der Waals surface area contributed by atoms with Gasteiger partial charge in [-0.25, -0.2) is 4.39 Å². The van der Waals surface area contributed by atoms with Crippen molar-refractivity contribution in [1.82, 2.24) is 5.32 Å². The molecule has 0 spiro atoms. The lowest BCUT2D eigenvalue weighted by Crippen LogP contribution is -2.17. The number of halogens is 1. The number of para-hydroxylation sites is 1. The molecule has 14 heavy (non-hydrogen) atoms. The fourth-order valence-electron chi connectivity index (χ4n) is 1.15. The zero-order chi connectivity index (χ0) is 10.4. The number of nitrogens with one attached hydrogen (secondary N) is 1. The minimum Gasteiger partial charge on any atom is -0.505 e. The second kappa shape index (κ2) is 5.57. The highest BCUT2D eigenvalue weighted by Gasteiger charge is 2.04. The van der Waals surface area contributed by atoms with Crippen molar-refractivity contribution in [3.05, 3.63) is 29.6 Å². The van der Waals surface area contributed by atoms with Gasteiger partial charge in [-0.05, 0) is 25.6 Å². The number of phenols is 1. The van der Waals surface area contributed by atoms with E-state index in [0.29, 0.717) is 18.7 Å². The highest BCUT2D eigenvalue weighted by Crippen LogP contribution is 2.19. The number of hydrogen-bond acceptors (Lipinski definition) is 3. The van der Waals surface area contributed by atoms with Gasteiger partial charge in [0.05, 0.1) is 0 Å². The fourth-order valence-corrected chi connectivity index (χ4v) is 1.15. The summed E-state index contributed by atoms with van der Waals surface area (Å²) >= 11 is 0. The van der Waals surface area contributed by atoms with E-state index < -0.39 is 5.82 Å². The van der Waals surface area contributed by atoms with Crippen LogP contribution in [0.2, 0.25) is 0 Å². The van der Waals surface area contributed by atoms with Crippen molar-refractivity contribution in [3.8, 4) is 5.75 Å². The predicted octanol–water partition coefficient (Wildman–Crippen LogP) is 0.970. The monoisotopic (exact) mass is 198 g/mol. The minimum absolute atomic E-state index is 0.271. The molecule has 0 heterocycles. The van der Waals surface area contributed by atoms with Gasteiger partial charge in [0.1, 0.15) is 0 Å². The molecule has 1 rings (SSSR count). The standard InChI is InChI=1S/C10H15FN2O/c11-9-4-1-3-8(10(9)14)7-13-6-2-5-12/h1,3-4,13-14H,2,5-7,12H2. The summed E-state index contributed by atoms with van der Waals surface area (Å²) in [6, 6.07) is 4.50. The van der Waals surface area contributed by atoms with E-state index in [0.717, 1.165) is 13.0 Å². The maximum absolute atomic E-state index is 12.9. The van der Waals surface area contributed by atoms with Gasteiger partial charge in [0.15, 0.2) is 11.6 Å². The van der Waals surface area contributed by atoms with Crippen LogP contribution in [0.3, 0.4) is 0 Å². The van der Waals surface area contributed by atoms with E-state index in [4.69, 9.17) is 5.73 Å². The van der Waals surface area contributed by atoms with Crippen LogP contribution in [0.4, 0.5) is 4.39 Å². The second-order valence-electron chi connectivity index (χ2n) is 3.07. The van der Waals surface area contributed by atoms with Crippen molar-refractivity contribution in [2.45, 2.75) is 13.0 Å². The van der Waals surface area contributed by atoms with Gasteiger partial charge >= 0.3 is 0 Å². The Morgan fingerprint density at radius 3 is 2.93 bits per heavy atom. The van der Waals surface area contributed by atoms with Crippen molar-refractivity contribution in [1.29, 1.82) is 0 Å². The van der Waals surface area contributed by atoms with E-state index >= 15 is 0 Å². The van der Waals surface area contributed by atoms with Crippen LogP contribution in [-0.4, -0.2) is 18.2 Å². The summed E-state index contributed by atoms with van der Waals surface area (Å²) in [5, 5.41) is 12.4. The predicted molar refractivity (Wildman–Crippen MR) is 53.4 cm³/mol. The average Bonchev–Trinajstić information content (AvgIpc) is 2.19. The first kappa shape index (κ1) is 10.9.